The Hall–Kier alpha value is -2.20. The number of nitrogens with zero attached hydrogens (tertiary/aromatic N) is 1. The van der Waals surface area contributed by atoms with Crippen molar-refractivity contribution in [1.29, 1.82) is 0 Å². The molecule has 1 N–H and O–H groups in total. The quantitative estimate of drug-likeness (QED) is 0.637. The second-order valence-electron chi connectivity index (χ2n) is 5.47. The molecule has 0 heterocycles. The first-order chi connectivity index (χ1) is 11.3. The van der Waals surface area contributed by atoms with Gasteiger partial charge in [0.2, 0.25) is 0 Å². The van der Waals surface area contributed by atoms with E-state index in [9.17, 15) is 4.79 Å². The van der Waals surface area contributed by atoms with Crippen molar-refractivity contribution in [2.75, 3.05) is 0 Å². The minimum atomic E-state index is -0.984. The van der Waals surface area contributed by atoms with Crippen LogP contribution in [0.4, 0.5) is 0 Å². The highest BCUT2D eigenvalue weighted by atomic mass is 35.5. The number of hydrogen-bond acceptors (Lipinski definition) is 3. The van der Waals surface area contributed by atoms with Gasteiger partial charge in [-0.15, -0.1) is 0 Å². The SMILES string of the molecule is C=C/C=C(\C)N(Cc1cc(OC(CC)C(=O)O)ccc1Cl)C(=C)C. The van der Waals surface area contributed by atoms with E-state index in [1.54, 1.807) is 31.2 Å². The third kappa shape index (κ3) is 5.46. The molecule has 0 saturated heterocycles. The minimum Gasteiger partial charge on any atom is -0.479 e. The van der Waals surface area contributed by atoms with Gasteiger partial charge in [0.05, 0.1) is 0 Å². The van der Waals surface area contributed by atoms with Crippen molar-refractivity contribution in [2.24, 2.45) is 0 Å². The number of hydrogen-bond donors (Lipinski definition) is 1. The van der Waals surface area contributed by atoms with Gasteiger partial charge in [-0.25, -0.2) is 4.79 Å². The highest BCUT2D eigenvalue weighted by Crippen LogP contribution is 2.27. The van der Waals surface area contributed by atoms with Crippen LogP contribution in [0.3, 0.4) is 0 Å². The van der Waals surface area contributed by atoms with Crippen molar-refractivity contribution in [2.45, 2.75) is 39.8 Å². The molecular formula is C19H24ClNO3. The Morgan fingerprint density at radius 3 is 2.62 bits per heavy atom. The van der Waals surface area contributed by atoms with Crippen LogP contribution >= 0.6 is 11.6 Å². The molecule has 0 fully saturated rings. The predicted molar refractivity (Wildman–Crippen MR) is 98.1 cm³/mol. The van der Waals surface area contributed by atoms with E-state index in [2.05, 4.69) is 13.2 Å². The van der Waals surface area contributed by atoms with Crippen LogP contribution < -0.4 is 4.74 Å². The van der Waals surface area contributed by atoms with Gasteiger partial charge in [-0.3, -0.25) is 0 Å². The number of halogens is 1. The Kier molecular flexibility index (Phi) is 7.59. The first-order valence-corrected chi connectivity index (χ1v) is 8.08. The van der Waals surface area contributed by atoms with Crippen LogP contribution in [0.1, 0.15) is 32.8 Å². The lowest BCUT2D eigenvalue weighted by atomic mass is 10.1. The number of aliphatic carboxylic acids is 1. The van der Waals surface area contributed by atoms with E-state index in [-0.39, 0.29) is 0 Å². The number of rotatable bonds is 9. The Balaban J connectivity index is 3.08. The van der Waals surface area contributed by atoms with Crippen LogP contribution in [0.25, 0.3) is 0 Å². The molecule has 0 spiro atoms. The van der Waals surface area contributed by atoms with E-state index < -0.39 is 12.1 Å². The average molecular weight is 350 g/mol. The van der Waals surface area contributed by atoms with E-state index >= 15 is 0 Å². The molecule has 24 heavy (non-hydrogen) atoms. The molecule has 0 saturated carbocycles. The van der Waals surface area contributed by atoms with E-state index in [4.69, 9.17) is 21.4 Å². The molecule has 0 amide bonds. The zero-order chi connectivity index (χ0) is 18.3. The highest BCUT2D eigenvalue weighted by Gasteiger charge is 2.18. The second kappa shape index (κ2) is 9.18. The lowest BCUT2D eigenvalue weighted by molar-refractivity contribution is -0.145. The summed E-state index contributed by atoms with van der Waals surface area (Å²) in [6.07, 6.45) is 3.11. The van der Waals surface area contributed by atoms with Crippen LogP contribution in [0.15, 0.2) is 54.9 Å². The summed E-state index contributed by atoms with van der Waals surface area (Å²) in [5.74, 6) is -0.502. The Bertz CT molecular complexity index is 652. The van der Waals surface area contributed by atoms with Gasteiger partial charge in [0.15, 0.2) is 6.10 Å². The molecule has 130 valence electrons. The van der Waals surface area contributed by atoms with Crippen LogP contribution in [0.2, 0.25) is 5.02 Å². The maximum atomic E-state index is 11.1. The smallest absolute Gasteiger partial charge is 0.344 e. The van der Waals surface area contributed by atoms with E-state index in [1.807, 2.05) is 24.8 Å². The maximum Gasteiger partial charge on any atom is 0.344 e. The summed E-state index contributed by atoms with van der Waals surface area (Å²) in [6.45, 7) is 13.8. The van der Waals surface area contributed by atoms with E-state index in [0.717, 1.165) is 17.0 Å². The monoisotopic (exact) mass is 349 g/mol. The van der Waals surface area contributed by atoms with Crippen molar-refractivity contribution in [3.05, 3.63) is 65.5 Å². The summed E-state index contributed by atoms with van der Waals surface area (Å²) >= 11 is 6.29. The molecule has 5 heteroatoms. The normalized spacial score (nSPS) is 12.4. The van der Waals surface area contributed by atoms with Crippen LogP contribution in [-0.2, 0) is 11.3 Å². The number of carboxylic acids is 1. The fourth-order valence-corrected chi connectivity index (χ4v) is 2.39. The molecule has 1 aromatic rings. The lowest BCUT2D eigenvalue weighted by Crippen LogP contribution is -2.26. The van der Waals surface area contributed by atoms with E-state index in [0.29, 0.717) is 23.7 Å². The van der Waals surface area contributed by atoms with Crippen molar-refractivity contribution in [3.63, 3.8) is 0 Å². The summed E-state index contributed by atoms with van der Waals surface area (Å²) in [7, 11) is 0. The predicted octanol–water partition coefficient (Wildman–Crippen LogP) is 5.01. The Labute approximate surface area is 148 Å². The minimum absolute atomic E-state index is 0.381. The van der Waals surface area contributed by atoms with Gasteiger partial charge in [0.25, 0.3) is 0 Å². The van der Waals surface area contributed by atoms with E-state index in [1.165, 1.54) is 0 Å². The van der Waals surface area contributed by atoms with Gasteiger partial charge in [0.1, 0.15) is 5.75 Å². The van der Waals surface area contributed by atoms with Crippen LogP contribution in [0, 0.1) is 0 Å². The summed E-state index contributed by atoms with van der Waals surface area (Å²) < 4.78 is 5.54. The van der Waals surface area contributed by atoms with Crippen molar-refractivity contribution >= 4 is 17.6 Å². The molecule has 0 aromatic heterocycles. The molecule has 0 aliphatic rings. The van der Waals surface area contributed by atoms with Crippen molar-refractivity contribution < 1.29 is 14.6 Å². The number of carboxylic acid groups (broad SMARTS) is 1. The molecule has 0 aliphatic carbocycles. The molecule has 0 aliphatic heterocycles. The summed E-state index contributed by atoms with van der Waals surface area (Å²) in [6, 6.07) is 5.16. The topological polar surface area (TPSA) is 49.8 Å². The average Bonchev–Trinajstić information content (AvgIpc) is 2.52. The summed E-state index contributed by atoms with van der Waals surface area (Å²) in [4.78, 5) is 13.1. The third-order valence-electron chi connectivity index (χ3n) is 3.52. The molecule has 0 radical (unpaired) electrons. The standard InChI is InChI=1S/C19H24ClNO3/c1-6-8-14(5)21(13(3)4)12-15-11-16(9-10-17(15)20)24-18(7-2)19(22)23/h6,8-11,18H,1,3,7,12H2,2,4-5H3,(H,22,23)/b14-8+. The fourth-order valence-electron chi connectivity index (χ4n) is 2.21. The lowest BCUT2D eigenvalue weighted by Gasteiger charge is -2.26. The van der Waals surface area contributed by atoms with Gasteiger partial charge >= 0.3 is 5.97 Å². The fraction of sp³-hybridized carbons (Fsp3) is 0.316. The van der Waals surface area contributed by atoms with Gasteiger partial charge in [-0.1, -0.05) is 37.8 Å². The van der Waals surface area contributed by atoms with Crippen LogP contribution in [-0.4, -0.2) is 22.1 Å². The van der Waals surface area contributed by atoms with Crippen molar-refractivity contribution in [1.82, 2.24) is 4.90 Å². The van der Waals surface area contributed by atoms with Gasteiger partial charge in [0, 0.05) is 23.0 Å². The Morgan fingerprint density at radius 1 is 1.46 bits per heavy atom. The maximum absolute atomic E-state index is 11.1. The number of allylic oxidation sites excluding steroid dienone is 4. The second-order valence-corrected chi connectivity index (χ2v) is 5.88. The van der Waals surface area contributed by atoms with Crippen molar-refractivity contribution in [3.8, 4) is 5.75 Å². The third-order valence-corrected chi connectivity index (χ3v) is 3.88. The Morgan fingerprint density at radius 2 is 2.12 bits per heavy atom. The largest absolute Gasteiger partial charge is 0.479 e. The highest BCUT2D eigenvalue weighted by molar-refractivity contribution is 6.31. The molecule has 1 unspecified atom stereocenters. The van der Waals surface area contributed by atoms with Gasteiger partial charge < -0.3 is 14.7 Å². The van der Waals surface area contributed by atoms with Gasteiger partial charge in [-0.2, -0.15) is 0 Å². The first kappa shape index (κ1) is 19.8. The molecule has 1 atom stereocenters. The summed E-state index contributed by atoms with van der Waals surface area (Å²) in [5, 5.41) is 9.71. The zero-order valence-corrected chi connectivity index (χ0v) is 15.1. The zero-order valence-electron chi connectivity index (χ0n) is 14.4. The molecule has 1 rings (SSSR count). The van der Waals surface area contributed by atoms with Gasteiger partial charge in [-0.05, 0) is 50.1 Å². The number of benzene rings is 1. The molecule has 0 bridgehead atoms. The summed E-state index contributed by atoms with van der Waals surface area (Å²) in [5.41, 5.74) is 2.68. The molecule has 1 aromatic carbocycles. The van der Waals surface area contributed by atoms with Crippen LogP contribution in [0.5, 0.6) is 5.75 Å². The molecule has 4 nitrogen and oxygen atoms in total. The number of carbonyl (C=O) groups is 1. The molecular weight excluding hydrogens is 326 g/mol. The first-order valence-electron chi connectivity index (χ1n) is 7.70. The number of ether oxygens (including phenoxy) is 1.